The highest BCUT2D eigenvalue weighted by atomic mass is 32.1. The van der Waals surface area contributed by atoms with E-state index in [1.54, 1.807) is 4.90 Å². The minimum atomic E-state index is -0.518. The summed E-state index contributed by atoms with van der Waals surface area (Å²) in [6.45, 7) is 7.61. The van der Waals surface area contributed by atoms with Crippen LogP contribution in [0.2, 0.25) is 0 Å². The van der Waals surface area contributed by atoms with Crippen LogP contribution in [0, 0.1) is 0 Å². The summed E-state index contributed by atoms with van der Waals surface area (Å²) in [4.78, 5) is 30.2. The van der Waals surface area contributed by atoms with Gasteiger partial charge in [-0.1, -0.05) is 44.1 Å². The molecular weight excluding hydrogens is 352 g/mol. The van der Waals surface area contributed by atoms with Gasteiger partial charge in [0.25, 0.3) is 0 Å². The van der Waals surface area contributed by atoms with Crippen molar-refractivity contribution in [2.45, 2.75) is 39.7 Å². The van der Waals surface area contributed by atoms with E-state index < -0.39 is 5.76 Å². The molecule has 2 heterocycles. The first-order valence-corrected chi connectivity index (χ1v) is 9.02. The van der Waals surface area contributed by atoms with Crippen LogP contribution in [0.5, 0.6) is 0 Å². The van der Waals surface area contributed by atoms with E-state index in [9.17, 15) is 9.59 Å². The van der Waals surface area contributed by atoms with Gasteiger partial charge < -0.3 is 0 Å². The molecule has 0 spiro atoms. The highest BCUT2D eigenvalue weighted by molar-refractivity contribution is 7.14. The smallest absolute Gasteiger partial charge is 0.296 e. The van der Waals surface area contributed by atoms with Crippen LogP contribution in [-0.2, 0) is 16.8 Å². The summed E-state index contributed by atoms with van der Waals surface area (Å²) < 4.78 is 6.30. The maximum Gasteiger partial charge on any atom is 0.441 e. The van der Waals surface area contributed by atoms with E-state index in [4.69, 9.17) is 4.52 Å². The molecule has 0 aliphatic carbocycles. The molecule has 136 valence electrons. The largest absolute Gasteiger partial charge is 0.441 e. The molecule has 0 N–H and O–H groups in total. The Bertz CT molecular complexity index is 966. The SMILES string of the molecule is CC(=O)N(c1ccccc1)c1nc(Cn2c(C(C)(C)C)noc2=O)cs1. The zero-order valence-corrected chi connectivity index (χ0v) is 15.9. The second-order valence-electron chi connectivity index (χ2n) is 6.92. The van der Waals surface area contributed by atoms with Gasteiger partial charge in [-0.3, -0.25) is 18.8 Å². The molecule has 26 heavy (non-hydrogen) atoms. The van der Waals surface area contributed by atoms with Gasteiger partial charge in [-0.2, -0.15) is 0 Å². The van der Waals surface area contributed by atoms with Crippen LogP contribution in [0.4, 0.5) is 10.8 Å². The van der Waals surface area contributed by atoms with Crippen LogP contribution in [-0.4, -0.2) is 20.6 Å². The topological polar surface area (TPSA) is 81.2 Å². The Morgan fingerprint density at radius 1 is 1.27 bits per heavy atom. The molecule has 0 saturated carbocycles. The van der Waals surface area contributed by atoms with Crippen molar-refractivity contribution in [3.63, 3.8) is 0 Å². The van der Waals surface area contributed by atoms with Gasteiger partial charge in [0.15, 0.2) is 11.0 Å². The number of nitrogens with zero attached hydrogens (tertiary/aromatic N) is 4. The van der Waals surface area contributed by atoms with Crippen molar-refractivity contribution in [1.82, 2.24) is 14.7 Å². The number of hydrogen-bond donors (Lipinski definition) is 0. The molecule has 0 saturated heterocycles. The third-order valence-corrected chi connectivity index (χ3v) is 4.61. The molecule has 0 fully saturated rings. The molecule has 0 atom stereocenters. The maximum atomic E-state index is 12.1. The lowest BCUT2D eigenvalue weighted by molar-refractivity contribution is -0.115. The number of benzene rings is 1. The molecular formula is C18H20N4O3S. The molecule has 0 bridgehead atoms. The summed E-state index contributed by atoms with van der Waals surface area (Å²) >= 11 is 1.35. The molecule has 1 aromatic carbocycles. The van der Waals surface area contributed by atoms with Crippen molar-refractivity contribution >= 4 is 28.1 Å². The fourth-order valence-electron chi connectivity index (χ4n) is 2.59. The summed E-state index contributed by atoms with van der Waals surface area (Å²) in [5.41, 5.74) is 1.09. The van der Waals surface area contributed by atoms with E-state index in [-0.39, 0.29) is 17.9 Å². The van der Waals surface area contributed by atoms with Crippen LogP contribution < -0.4 is 10.7 Å². The number of para-hydroxylation sites is 1. The Hall–Kier alpha value is -2.74. The zero-order chi connectivity index (χ0) is 18.9. The number of rotatable bonds is 4. The molecule has 0 aliphatic rings. The lowest BCUT2D eigenvalue weighted by atomic mass is 9.96. The van der Waals surface area contributed by atoms with Gasteiger partial charge in [-0.05, 0) is 12.1 Å². The Morgan fingerprint density at radius 3 is 2.58 bits per heavy atom. The van der Waals surface area contributed by atoms with Crippen LogP contribution in [0.15, 0.2) is 45.0 Å². The molecule has 0 unspecified atom stereocenters. The first-order valence-electron chi connectivity index (χ1n) is 8.14. The van der Waals surface area contributed by atoms with Crippen LogP contribution in [0.25, 0.3) is 0 Å². The summed E-state index contributed by atoms with van der Waals surface area (Å²) in [5, 5.41) is 6.28. The minimum absolute atomic E-state index is 0.130. The summed E-state index contributed by atoms with van der Waals surface area (Å²) in [7, 11) is 0. The molecule has 2 aromatic heterocycles. The first kappa shape index (κ1) is 18.1. The highest BCUT2D eigenvalue weighted by Gasteiger charge is 2.25. The summed E-state index contributed by atoms with van der Waals surface area (Å²) in [6.07, 6.45) is 0. The second kappa shape index (κ2) is 6.87. The number of thiazole rings is 1. The average Bonchev–Trinajstić information content (AvgIpc) is 3.16. The molecule has 8 heteroatoms. The minimum Gasteiger partial charge on any atom is -0.296 e. The predicted octanol–water partition coefficient (Wildman–Crippen LogP) is 3.32. The van der Waals surface area contributed by atoms with Crippen molar-refractivity contribution in [2.24, 2.45) is 0 Å². The van der Waals surface area contributed by atoms with Crippen LogP contribution in [0.1, 0.15) is 39.2 Å². The Morgan fingerprint density at radius 2 is 1.96 bits per heavy atom. The number of carbonyl (C=O) groups excluding carboxylic acids is 1. The van der Waals surface area contributed by atoms with Gasteiger partial charge in [0.1, 0.15) is 0 Å². The van der Waals surface area contributed by atoms with Gasteiger partial charge in [0.2, 0.25) is 5.91 Å². The number of anilines is 2. The molecule has 3 aromatic rings. The lowest BCUT2D eigenvalue weighted by Crippen LogP contribution is -2.25. The number of aromatic nitrogens is 3. The Labute approximate surface area is 154 Å². The van der Waals surface area contributed by atoms with Crippen LogP contribution in [0.3, 0.4) is 0 Å². The fraction of sp³-hybridized carbons (Fsp3) is 0.333. The van der Waals surface area contributed by atoms with Crippen molar-refractivity contribution in [2.75, 3.05) is 4.90 Å². The lowest BCUT2D eigenvalue weighted by Gasteiger charge is -2.18. The van der Waals surface area contributed by atoms with Gasteiger partial charge in [0, 0.05) is 17.7 Å². The monoisotopic (exact) mass is 372 g/mol. The quantitative estimate of drug-likeness (QED) is 0.702. The standard InChI is InChI=1S/C18H20N4O3S/c1-12(23)22(14-8-6-5-7-9-14)16-19-13(11-26-16)10-21-15(18(2,3)4)20-25-17(21)24/h5-9,11H,10H2,1-4H3. The van der Waals surface area contributed by atoms with Crippen molar-refractivity contribution < 1.29 is 9.32 Å². The Kier molecular flexibility index (Phi) is 4.78. The molecule has 0 aliphatic heterocycles. The fourth-order valence-corrected chi connectivity index (χ4v) is 3.46. The van der Waals surface area contributed by atoms with Gasteiger partial charge >= 0.3 is 5.76 Å². The first-order chi connectivity index (χ1) is 12.3. The summed E-state index contributed by atoms with van der Waals surface area (Å²) in [6, 6.07) is 9.33. The maximum absolute atomic E-state index is 12.1. The van der Waals surface area contributed by atoms with Gasteiger partial charge in [0.05, 0.1) is 17.9 Å². The second-order valence-corrected chi connectivity index (χ2v) is 7.76. The van der Waals surface area contributed by atoms with Gasteiger partial charge in [-0.15, -0.1) is 11.3 Å². The molecule has 0 radical (unpaired) electrons. The van der Waals surface area contributed by atoms with E-state index in [1.165, 1.54) is 22.8 Å². The van der Waals surface area contributed by atoms with E-state index in [0.29, 0.717) is 16.6 Å². The van der Waals surface area contributed by atoms with E-state index in [1.807, 2.05) is 56.5 Å². The molecule has 3 rings (SSSR count). The van der Waals surface area contributed by atoms with E-state index >= 15 is 0 Å². The van der Waals surface area contributed by atoms with Crippen molar-refractivity contribution in [3.8, 4) is 0 Å². The van der Waals surface area contributed by atoms with Crippen molar-refractivity contribution in [3.05, 3.63) is 57.8 Å². The van der Waals surface area contributed by atoms with E-state index in [0.717, 1.165) is 5.69 Å². The van der Waals surface area contributed by atoms with Gasteiger partial charge in [-0.25, -0.2) is 9.78 Å². The normalized spacial score (nSPS) is 11.5. The highest BCUT2D eigenvalue weighted by Crippen LogP contribution is 2.29. The molecule has 1 amide bonds. The zero-order valence-electron chi connectivity index (χ0n) is 15.1. The number of carbonyl (C=O) groups is 1. The van der Waals surface area contributed by atoms with Crippen LogP contribution >= 0.6 is 11.3 Å². The summed E-state index contributed by atoms with van der Waals surface area (Å²) in [5.74, 6) is -0.0888. The average molecular weight is 372 g/mol. The molecule has 7 nitrogen and oxygen atoms in total. The third kappa shape index (κ3) is 3.60. The number of amides is 1. The number of hydrogen-bond acceptors (Lipinski definition) is 6. The predicted molar refractivity (Wildman–Crippen MR) is 99.9 cm³/mol. The van der Waals surface area contributed by atoms with E-state index in [2.05, 4.69) is 10.1 Å². The van der Waals surface area contributed by atoms with Crippen molar-refractivity contribution in [1.29, 1.82) is 0 Å². The Balaban J connectivity index is 1.93. The third-order valence-electron chi connectivity index (χ3n) is 3.74.